The van der Waals surface area contributed by atoms with Crippen molar-refractivity contribution in [3.05, 3.63) is 52.5 Å². The summed E-state index contributed by atoms with van der Waals surface area (Å²) in [6, 6.07) is 13.2. The van der Waals surface area contributed by atoms with Crippen molar-refractivity contribution in [1.82, 2.24) is 0 Å². The molecular formula is C13H10Se. The van der Waals surface area contributed by atoms with Gasteiger partial charge in [0, 0.05) is 0 Å². The van der Waals surface area contributed by atoms with Crippen molar-refractivity contribution in [1.29, 1.82) is 0 Å². The Labute approximate surface area is 89.8 Å². The molecule has 1 aliphatic heterocycles. The first-order chi connectivity index (χ1) is 6.93. The third-order valence-corrected chi connectivity index (χ3v) is 4.28. The van der Waals surface area contributed by atoms with Crippen LogP contribution in [0, 0.1) is 0 Å². The van der Waals surface area contributed by atoms with Gasteiger partial charge < -0.3 is 0 Å². The minimum atomic E-state index is 0.676. The summed E-state index contributed by atoms with van der Waals surface area (Å²) in [5.41, 5.74) is 2.93. The van der Waals surface area contributed by atoms with E-state index in [9.17, 15) is 0 Å². The molecule has 1 aliphatic rings. The molecule has 0 unspecified atom stereocenters. The Hall–Kier alpha value is -1.04. The summed E-state index contributed by atoms with van der Waals surface area (Å²) >= 11 is 0.676. The molecule has 0 aromatic heterocycles. The fraction of sp³-hybridized carbons (Fsp3) is 0.0769. The molecule has 0 bridgehead atoms. The molecule has 0 fully saturated rings. The van der Waals surface area contributed by atoms with Crippen molar-refractivity contribution < 1.29 is 0 Å². The normalized spacial score (nSPS) is 14.3. The van der Waals surface area contributed by atoms with E-state index in [-0.39, 0.29) is 0 Å². The zero-order valence-corrected chi connectivity index (χ0v) is 9.45. The Bertz CT molecular complexity index is 512. The SMILES string of the molecule is C1=Cc2cc3ccccc3cc2C[Se]1. The van der Waals surface area contributed by atoms with E-state index in [4.69, 9.17) is 0 Å². The molecule has 2 aromatic carbocycles. The van der Waals surface area contributed by atoms with Crippen LogP contribution in [-0.4, -0.2) is 15.0 Å². The molecule has 0 amide bonds. The van der Waals surface area contributed by atoms with Crippen molar-refractivity contribution >= 4 is 31.8 Å². The molecule has 0 radical (unpaired) electrons. The van der Waals surface area contributed by atoms with E-state index in [1.54, 1.807) is 0 Å². The molecule has 68 valence electrons. The van der Waals surface area contributed by atoms with Gasteiger partial charge in [-0.3, -0.25) is 0 Å². The van der Waals surface area contributed by atoms with Gasteiger partial charge in [0.25, 0.3) is 0 Å². The Morgan fingerprint density at radius 3 is 2.64 bits per heavy atom. The molecule has 0 spiro atoms. The quantitative estimate of drug-likeness (QED) is 0.626. The summed E-state index contributed by atoms with van der Waals surface area (Å²) in [7, 11) is 0. The van der Waals surface area contributed by atoms with Crippen LogP contribution in [0.15, 0.2) is 41.4 Å². The zero-order chi connectivity index (χ0) is 9.38. The van der Waals surface area contributed by atoms with Gasteiger partial charge in [0.05, 0.1) is 0 Å². The number of hydrogen-bond donors (Lipinski definition) is 0. The van der Waals surface area contributed by atoms with Crippen molar-refractivity contribution in [2.24, 2.45) is 0 Å². The van der Waals surface area contributed by atoms with E-state index < -0.39 is 0 Å². The fourth-order valence-electron chi connectivity index (χ4n) is 1.84. The van der Waals surface area contributed by atoms with Crippen molar-refractivity contribution in [2.75, 3.05) is 0 Å². The van der Waals surface area contributed by atoms with Crippen LogP contribution < -0.4 is 0 Å². The van der Waals surface area contributed by atoms with Gasteiger partial charge in [0.15, 0.2) is 0 Å². The Morgan fingerprint density at radius 1 is 1.00 bits per heavy atom. The summed E-state index contributed by atoms with van der Waals surface area (Å²) in [6.07, 6.45) is 2.27. The van der Waals surface area contributed by atoms with E-state index in [1.165, 1.54) is 27.2 Å². The third kappa shape index (κ3) is 1.30. The van der Waals surface area contributed by atoms with E-state index in [0.717, 1.165) is 0 Å². The van der Waals surface area contributed by atoms with Gasteiger partial charge in [-0.15, -0.1) is 0 Å². The van der Waals surface area contributed by atoms with Crippen LogP contribution in [0.25, 0.3) is 16.8 Å². The van der Waals surface area contributed by atoms with Gasteiger partial charge in [-0.25, -0.2) is 0 Å². The van der Waals surface area contributed by atoms with Gasteiger partial charge in [0.1, 0.15) is 0 Å². The molecule has 0 atom stereocenters. The first-order valence-corrected chi connectivity index (χ1v) is 6.93. The van der Waals surface area contributed by atoms with Crippen molar-refractivity contribution in [3.8, 4) is 0 Å². The minimum absolute atomic E-state index is 0.676. The van der Waals surface area contributed by atoms with E-state index >= 15 is 0 Å². The molecule has 3 rings (SSSR count). The predicted octanol–water partition coefficient (Wildman–Crippen LogP) is 3.03. The average molecular weight is 245 g/mol. The standard InChI is InChI=1S/C13H10Se/c1-2-4-11-8-13-9-14-6-5-12(13)7-10(11)3-1/h1-8H,9H2. The third-order valence-electron chi connectivity index (χ3n) is 2.59. The fourth-order valence-corrected chi connectivity index (χ4v) is 3.46. The van der Waals surface area contributed by atoms with Crippen molar-refractivity contribution in [2.45, 2.75) is 5.32 Å². The number of fused-ring (bicyclic) bond motifs is 2. The van der Waals surface area contributed by atoms with Crippen LogP contribution in [0.1, 0.15) is 11.1 Å². The summed E-state index contributed by atoms with van der Waals surface area (Å²) in [4.78, 5) is 2.32. The maximum atomic E-state index is 2.34. The molecule has 0 saturated heterocycles. The molecule has 1 heterocycles. The maximum absolute atomic E-state index is 2.34. The number of hydrogen-bond acceptors (Lipinski definition) is 0. The van der Waals surface area contributed by atoms with Gasteiger partial charge in [-0.05, 0) is 0 Å². The Morgan fingerprint density at radius 2 is 1.79 bits per heavy atom. The van der Waals surface area contributed by atoms with E-state index in [2.05, 4.69) is 47.4 Å². The number of rotatable bonds is 0. The van der Waals surface area contributed by atoms with Crippen LogP contribution in [0.4, 0.5) is 0 Å². The molecular weight excluding hydrogens is 235 g/mol. The second-order valence-corrected chi connectivity index (χ2v) is 5.39. The predicted molar refractivity (Wildman–Crippen MR) is 62.4 cm³/mol. The first kappa shape index (κ1) is 8.28. The molecule has 1 heteroatoms. The summed E-state index contributed by atoms with van der Waals surface area (Å²) in [5.74, 6) is 0. The number of benzene rings is 2. The van der Waals surface area contributed by atoms with Gasteiger partial charge in [-0.2, -0.15) is 0 Å². The second kappa shape index (κ2) is 3.27. The van der Waals surface area contributed by atoms with Crippen LogP contribution in [0.3, 0.4) is 0 Å². The molecule has 0 nitrogen and oxygen atoms in total. The average Bonchev–Trinajstić information content (AvgIpc) is 2.26. The van der Waals surface area contributed by atoms with Crippen LogP contribution in [-0.2, 0) is 5.32 Å². The molecule has 14 heavy (non-hydrogen) atoms. The van der Waals surface area contributed by atoms with Gasteiger partial charge >= 0.3 is 89.6 Å². The zero-order valence-electron chi connectivity index (χ0n) is 7.73. The molecule has 0 N–H and O–H groups in total. The topological polar surface area (TPSA) is 0 Å². The second-order valence-electron chi connectivity index (χ2n) is 3.51. The summed E-state index contributed by atoms with van der Waals surface area (Å²) < 4.78 is 0. The summed E-state index contributed by atoms with van der Waals surface area (Å²) in [6.45, 7) is 0. The van der Waals surface area contributed by atoms with Crippen LogP contribution in [0.2, 0.25) is 0 Å². The molecule has 0 saturated carbocycles. The molecule has 2 aromatic rings. The first-order valence-electron chi connectivity index (χ1n) is 4.73. The van der Waals surface area contributed by atoms with E-state index in [1.807, 2.05) is 0 Å². The van der Waals surface area contributed by atoms with Crippen LogP contribution in [0.5, 0.6) is 0 Å². The van der Waals surface area contributed by atoms with Gasteiger partial charge in [0.2, 0.25) is 0 Å². The van der Waals surface area contributed by atoms with Gasteiger partial charge in [-0.1, -0.05) is 0 Å². The monoisotopic (exact) mass is 246 g/mol. The Balaban J connectivity index is 2.34. The van der Waals surface area contributed by atoms with Crippen LogP contribution >= 0.6 is 0 Å². The summed E-state index contributed by atoms with van der Waals surface area (Å²) in [5, 5.41) is 3.98. The van der Waals surface area contributed by atoms with E-state index in [0.29, 0.717) is 15.0 Å². The van der Waals surface area contributed by atoms with Crippen molar-refractivity contribution in [3.63, 3.8) is 0 Å². The Kier molecular flexibility index (Phi) is 1.93. The molecule has 0 aliphatic carbocycles.